The smallest absolute Gasteiger partial charge is 0.0132 e. The average Bonchev–Trinajstić information content (AvgIpc) is 2.26. The summed E-state index contributed by atoms with van der Waals surface area (Å²) in [7, 11) is 0. The average molecular weight is 274 g/mol. The Morgan fingerprint density at radius 1 is 0.800 bits per heavy atom. The van der Waals surface area contributed by atoms with Crippen LogP contribution in [0, 0.1) is 5.92 Å². The quantitative estimate of drug-likeness (QED) is 0.595. The fraction of sp³-hybridized carbons (Fsp3) is 0.700. The van der Waals surface area contributed by atoms with E-state index >= 15 is 0 Å². The van der Waals surface area contributed by atoms with Crippen molar-refractivity contribution in [3.05, 3.63) is 34.9 Å². The third-order valence-electron chi connectivity index (χ3n) is 4.36. The SMILES string of the molecule is CCC(c1cc(C(C)(C)C)cc(C(C)(C)C)c1)C(C)C. The van der Waals surface area contributed by atoms with E-state index in [2.05, 4.69) is 80.5 Å². The van der Waals surface area contributed by atoms with Crippen molar-refractivity contribution in [1.82, 2.24) is 0 Å². The van der Waals surface area contributed by atoms with E-state index in [0.717, 1.165) is 0 Å². The first-order valence-corrected chi connectivity index (χ1v) is 8.12. The second-order valence-electron chi connectivity index (χ2n) is 8.60. The summed E-state index contributed by atoms with van der Waals surface area (Å²) >= 11 is 0. The van der Waals surface area contributed by atoms with Gasteiger partial charge >= 0.3 is 0 Å². The second kappa shape index (κ2) is 5.92. The Bertz CT molecular complexity index is 406. The van der Waals surface area contributed by atoms with Crippen molar-refractivity contribution in [2.75, 3.05) is 0 Å². The van der Waals surface area contributed by atoms with Crippen LogP contribution in [-0.4, -0.2) is 0 Å². The Morgan fingerprint density at radius 3 is 1.45 bits per heavy atom. The minimum atomic E-state index is 0.214. The Hall–Kier alpha value is -0.780. The van der Waals surface area contributed by atoms with E-state index in [1.54, 1.807) is 0 Å². The van der Waals surface area contributed by atoms with E-state index in [1.165, 1.54) is 23.1 Å². The molecule has 1 aromatic carbocycles. The number of hydrogen-bond donors (Lipinski definition) is 0. The van der Waals surface area contributed by atoms with Crippen molar-refractivity contribution in [3.63, 3.8) is 0 Å². The monoisotopic (exact) mass is 274 g/mol. The highest BCUT2D eigenvalue weighted by molar-refractivity contribution is 5.39. The fourth-order valence-electron chi connectivity index (χ4n) is 2.82. The first kappa shape index (κ1) is 17.3. The van der Waals surface area contributed by atoms with Gasteiger partial charge < -0.3 is 0 Å². The second-order valence-corrected chi connectivity index (χ2v) is 8.60. The van der Waals surface area contributed by atoms with Gasteiger partial charge in [0.15, 0.2) is 0 Å². The van der Waals surface area contributed by atoms with Crippen LogP contribution in [0.5, 0.6) is 0 Å². The van der Waals surface area contributed by atoms with Gasteiger partial charge in [0.1, 0.15) is 0 Å². The first-order valence-electron chi connectivity index (χ1n) is 8.12. The van der Waals surface area contributed by atoms with Crippen LogP contribution in [0.15, 0.2) is 18.2 Å². The van der Waals surface area contributed by atoms with E-state index in [4.69, 9.17) is 0 Å². The van der Waals surface area contributed by atoms with Crippen LogP contribution in [0.2, 0.25) is 0 Å². The van der Waals surface area contributed by atoms with Crippen LogP contribution in [-0.2, 0) is 10.8 Å². The lowest BCUT2D eigenvalue weighted by molar-refractivity contribution is 0.480. The zero-order valence-electron chi connectivity index (χ0n) is 15.1. The predicted molar refractivity (Wildman–Crippen MR) is 91.7 cm³/mol. The van der Waals surface area contributed by atoms with Gasteiger partial charge in [0.25, 0.3) is 0 Å². The Balaban J connectivity index is 3.45. The maximum atomic E-state index is 2.45. The van der Waals surface area contributed by atoms with Crippen LogP contribution < -0.4 is 0 Å². The van der Waals surface area contributed by atoms with Gasteiger partial charge in [-0.1, -0.05) is 80.5 Å². The molecule has 1 aromatic rings. The molecule has 0 N–H and O–H groups in total. The lowest BCUT2D eigenvalue weighted by atomic mass is 9.76. The zero-order chi connectivity index (χ0) is 15.7. The molecule has 0 spiro atoms. The van der Waals surface area contributed by atoms with Gasteiger partial charge in [0, 0.05) is 0 Å². The summed E-state index contributed by atoms with van der Waals surface area (Å²) in [5.41, 5.74) is 4.90. The molecule has 0 aliphatic carbocycles. The molecule has 0 fully saturated rings. The number of benzene rings is 1. The van der Waals surface area contributed by atoms with Crippen LogP contribution in [0.3, 0.4) is 0 Å². The Kier molecular flexibility index (Phi) is 5.11. The summed E-state index contributed by atoms with van der Waals surface area (Å²) in [6.45, 7) is 20.9. The van der Waals surface area contributed by atoms with Crippen molar-refractivity contribution >= 4 is 0 Å². The van der Waals surface area contributed by atoms with E-state index in [0.29, 0.717) is 11.8 Å². The summed E-state index contributed by atoms with van der Waals surface area (Å²) in [6.07, 6.45) is 1.22. The van der Waals surface area contributed by atoms with Gasteiger partial charge in [-0.25, -0.2) is 0 Å². The fourth-order valence-corrected chi connectivity index (χ4v) is 2.82. The van der Waals surface area contributed by atoms with Crippen molar-refractivity contribution in [3.8, 4) is 0 Å². The van der Waals surface area contributed by atoms with Gasteiger partial charge in [-0.2, -0.15) is 0 Å². The molecule has 0 aliphatic heterocycles. The molecule has 0 radical (unpaired) electrons. The van der Waals surface area contributed by atoms with Crippen molar-refractivity contribution in [1.29, 1.82) is 0 Å². The molecule has 0 heterocycles. The third-order valence-corrected chi connectivity index (χ3v) is 4.36. The highest BCUT2D eigenvalue weighted by atomic mass is 14.3. The Labute approximate surface area is 127 Å². The van der Waals surface area contributed by atoms with Crippen molar-refractivity contribution in [2.24, 2.45) is 5.92 Å². The van der Waals surface area contributed by atoms with E-state index in [1.807, 2.05) is 0 Å². The van der Waals surface area contributed by atoms with E-state index in [9.17, 15) is 0 Å². The first-order chi connectivity index (χ1) is 8.96. The summed E-state index contributed by atoms with van der Waals surface area (Å²) in [6, 6.07) is 7.31. The lowest BCUT2D eigenvalue weighted by Gasteiger charge is -2.29. The topological polar surface area (TPSA) is 0 Å². The molecular weight excluding hydrogens is 240 g/mol. The summed E-state index contributed by atoms with van der Waals surface area (Å²) in [5, 5.41) is 0. The van der Waals surface area contributed by atoms with Gasteiger partial charge in [0.2, 0.25) is 0 Å². The predicted octanol–water partition coefficient (Wildman–Crippen LogP) is 6.43. The minimum absolute atomic E-state index is 0.214. The maximum Gasteiger partial charge on any atom is -0.0132 e. The molecule has 0 bridgehead atoms. The van der Waals surface area contributed by atoms with Crippen LogP contribution in [0.1, 0.15) is 91.3 Å². The van der Waals surface area contributed by atoms with Gasteiger partial charge in [-0.05, 0) is 45.8 Å². The lowest BCUT2D eigenvalue weighted by Crippen LogP contribution is -2.18. The largest absolute Gasteiger partial charge is 0.0648 e. The molecule has 0 aliphatic rings. The molecule has 0 amide bonds. The molecule has 0 saturated carbocycles. The molecule has 1 atom stereocenters. The molecule has 0 heteroatoms. The molecule has 1 unspecified atom stereocenters. The Morgan fingerprint density at radius 2 is 1.20 bits per heavy atom. The highest BCUT2D eigenvalue weighted by Gasteiger charge is 2.23. The molecular formula is C20H34. The summed E-state index contributed by atoms with van der Waals surface area (Å²) < 4.78 is 0. The van der Waals surface area contributed by atoms with E-state index < -0.39 is 0 Å². The van der Waals surface area contributed by atoms with Crippen molar-refractivity contribution in [2.45, 2.75) is 85.5 Å². The van der Waals surface area contributed by atoms with Crippen LogP contribution >= 0.6 is 0 Å². The molecule has 20 heavy (non-hydrogen) atoms. The zero-order valence-corrected chi connectivity index (χ0v) is 15.1. The van der Waals surface area contributed by atoms with Crippen molar-refractivity contribution < 1.29 is 0 Å². The maximum absolute atomic E-state index is 2.45. The molecule has 0 aromatic heterocycles. The van der Waals surface area contributed by atoms with Crippen LogP contribution in [0.25, 0.3) is 0 Å². The molecule has 114 valence electrons. The summed E-state index contributed by atoms with van der Waals surface area (Å²) in [5.74, 6) is 1.36. The molecule has 0 saturated heterocycles. The third kappa shape index (κ3) is 4.11. The van der Waals surface area contributed by atoms with Gasteiger partial charge in [-0.15, -0.1) is 0 Å². The normalized spacial score (nSPS) is 14.7. The van der Waals surface area contributed by atoms with Gasteiger partial charge in [-0.3, -0.25) is 0 Å². The molecule has 0 nitrogen and oxygen atoms in total. The highest BCUT2D eigenvalue weighted by Crippen LogP contribution is 2.35. The number of rotatable bonds is 3. The van der Waals surface area contributed by atoms with Crippen LogP contribution in [0.4, 0.5) is 0 Å². The van der Waals surface area contributed by atoms with Gasteiger partial charge in [0.05, 0.1) is 0 Å². The standard InChI is InChI=1S/C20H34/c1-10-18(14(2)3)15-11-16(19(4,5)6)13-17(12-15)20(7,8)9/h11-14,18H,10H2,1-9H3. The summed E-state index contributed by atoms with van der Waals surface area (Å²) in [4.78, 5) is 0. The molecule has 1 rings (SSSR count). The minimum Gasteiger partial charge on any atom is -0.0648 e. The van der Waals surface area contributed by atoms with E-state index in [-0.39, 0.29) is 10.8 Å². The number of hydrogen-bond acceptors (Lipinski definition) is 0.